The third kappa shape index (κ3) is 5.71. The number of quaternary nitrogens is 2. The van der Waals surface area contributed by atoms with Gasteiger partial charge in [0, 0.05) is 23.7 Å². The molecule has 154 valence electrons. The van der Waals surface area contributed by atoms with E-state index in [9.17, 15) is 0 Å². The van der Waals surface area contributed by atoms with Crippen LogP contribution in [0.4, 0.5) is 0 Å². The molecule has 4 atom stereocenters. The highest BCUT2D eigenvalue weighted by Crippen LogP contribution is 2.32. The molecule has 2 rings (SSSR count). The van der Waals surface area contributed by atoms with Crippen LogP contribution in [0.5, 0.6) is 0 Å². The molecule has 2 fully saturated rings. The zero-order valence-electron chi connectivity index (χ0n) is 19.1. The van der Waals surface area contributed by atoms with Gasteiger partial charge in [-0.3, -0.25) is 0 Å². The fourth-order valence-electron chi connectivity index (χ4n) is 6.46. The van der Waals surface area contributed by atoms with Crippen LogP contribution in [0.15, 0.2) is 0 Å². The van der Waals surface area contributed by atoms with Crippen LogP contribution < -0.4 is 0 Å². The molecule has 0 bridgehead atoms. The van der Waals surface area contributed by atoms with E-state index in [1.807, 2.05) is 0 Å². The standard InChI is InChI=1S/C24H50N2/c1-7-13-25(17-21(3)22(4)18-25)15-11-9-10-12-16-26(14-8-2)19-23(5)24(6)20-26/h21-24H,7-20H2,1-6H3/q+2. The monoisotopic (exact) mass is 366 g/mol. The van der Waals surface area contributed by atoms with Crippen molar-refractivity contribution < 1.29 is 8.97 Å². The van der Waals surface area contributed by atoms with E-state index in [2.05, 4.69) is 41.5 Å². The average Bonchev–Trinajstić information content (AvgIpc) is 3.01. The van der Waals surface area contributed by atoms with Gasteiger partial charge >= 0.3 is 0 Å². The van der Waals surface area contributed by atoms with Gasteiger partial charge in [0.05, 0.1) is 52.4 Å². The van der Waals surface area contributed by atoms with Crippen molar-refractivity contribution >= 4 is 0 Å². The Morgan fingerprint density at radius 1 is 0.500 bits per heavy atom. The third-order valence-corrected chi connectivity index (χ3v) is 8.05. The molecular weight excluding hydrogens is 316 g/mol. The lowest BCUT2D eigenvalue weighted by atomic mass is 10.0. The van der Waals surface area contributed by atoms with E-state index in [0.717, 1.165) is 23.7 Å². The lowest BCUT2D eigenvalue weighted by Gasteiger charge is -2.35. The van der Waals surface area contributed by atoms with Crippen LogP contribution >= 0.6 is 0 Å². The Balaban J connectivity index is 1.69. The minimum Gasteiger partial charge on any atom is -0.323 e. The Kier molecular flexibility index (Phi) is 8.47. The van der Waals surface area contributed by atoms with Gasteiger partial charge in [0.1, 0.15) is 0 Å². The SMILES string of the molecule is CCC[N+]1(CCCCCC[N+]2(CCC)CC(C)C(C)C2)CC(C)C(C)C1. The van der Waals surface area contributed by atoms with Gasteiger partial charge in [-0.05, 0) is 38.5 Å². The van der Waals surface area contributed by atoms with Gasteiger partial charge in [-0.2, -0.15) is 0 Å². The molecule has 2 nitrogen and oxygen atoms in total. The minimum absolute atomic E-state index is 0.930. The summed E-state index contributed by atoms with van der Waals surface area (Å²) in [5.41, 5.74) is 0. The molecule has 2 heterocycles. The van der Waals surface area contributed by atoms with Crippen LogP contribution in [0.2, 0.25) is 0 Å². The van der Waals surface area contributed by atoms with Gasteiger partial charge in [-0.25, -0.2) is 0 Å². The summed E-state index contributed by atoms with van der Waals surface area (Å²) in [6, 6.07) is 0. The molecular formula is C24H50N2+2. The van der Waals surface area contributed by atoms with Crippen LogP contribution in [0.25, 0.3) is 0 Å². The van der Waals surface area contributed by atoms with E-state index in [4.69, 9.17) is 0 Å². The van der Waals surface area contributed by atoms with Crippen LogP contribution in [0.1, 0.15) is 80.1 Å². The van der Waals surface area contributed by atoms with Gasteiger partial charge in [-0.15, -0.1) is 0 Å². The fourth-order valence-corrected chi connectivity index (χ4v) is 6.46. The van der Waals surface area contributed by atoms with Crippen molar-refractivity contribution in [3.8, 4) is 0 Å². The number of nitrogens with zero attached hydrogens (tertiary/aromatic N) is 2. The first kappa shape index (κ1) is 22.2. The van der Waals surface area contributed by atoms with Crippen molar-refractivity contribution in [2.75, 3.05) is 52.4 Å². The number of hydrogen-bond acceptors (Lipinski definition) is 0. The van der Waals surface area contributed by atoms with Gasteiger partial charge in [0.15, 0.2) is 0 Å². The number of rotatable bonds is 11. The molecule has 0 saturated carbocycles. The largest absolute Gasteiger partial charge is 0.323 e. The van der Waals surface area contributed by atoms with Gasteiger partial charge in [0.25, 0.3) is 0 Å². The summed E-state index contributed by atoms with van der Waals surface area (Å²) in [5.74, 6) is 3.72. The molecule has 0 aromatic rings. The number of unbranched alkanes of at least 4 members (excludes halogenated alkanes) is 3. The predicted molar refractivity (Wildman–Crippen MR) is 115 cm³/mol. The van der Waals surface area contributed by atoms with E-state index in [-0.39, 0.29) is 0 Å². The van der Waals surface area contributed by atoms with Crippen LogP contribution in [-0.4, -0.2) is 61.3 Å². The molecule has 4 unspecified atom stereocenters. The fraction of sp³-hybridized carbons (Fsp3) is 1.00. The maximum Gasteiger partial charge on any atom is 0.0817 e. The molecule has 0 radical (unpaired) electrons. The summed E-state index contributed by atoms with van der Waals surface area (Å²) in [4.78, 5) is 0. The Hall–Kier alpha value is -0.0800. The molecule has 26 heavy (non-hydrogen) atoms. The van der Waals surface area contributed by atoms with Gasteiger partial charge < -0.3 is 8.97 Å². The first-order valence-electron chi connectivity index (χ1n) is 12.1. The van der Waals surface area contributed by atoms with E-state index < -0.39 is 0 Å². The molecule has 0 N–H and O–H groups in total. The Labute approximate surface area is 165 Å². The highest BCUT2D eigenvalue weighted by atomic mass is 15.4. The molecule has 2 saturated heterocycles. The molecule has 2 aliphatic heterocycles. The first-order chi connectivity index (χ1) is 12.4. The highest BCUT2D eigenvalue weighted by Gasteiger charge is 2.40. The number of likely N-dealkylation sites (tertiary alicyclic amines) is 2. The lowest BCUT2D eigenvalue weighted by Crippen LogP contribution is -2.48. The zero-order chi connectivity index (χ0) is 19.2. The van der Waals surface area contributed by atoms with E-state index in [0.29, 0.717) is 0 Å². The summed E-state index contributed by atoms with van der Waals surface area (Å²) in [7, 11) is 0. The van der Waals surface area contributed by atoms with Crippen molar-refractivity contribution in [2.45, 2.75) is 80.1 Å². The van der Waals surface area contributed by atoms with Crippen LogP contribution in [0.3, 0.4) is 0 Å². The molecule has 2 heteroatoms. The maximum absolute atomic E-state index is 2.48. The summed E-state index contributed by atoms with van der Waals surface area (Å²) < 4.78 is 2.87. The summed E-state index contributed by atoms with van der Waals surface area (Å²) >= 11 is 0. The normalized spacial score (nSPS) is 40.4. The second-order valence-corrected chi connectivity index (χ2v) is 10.6. The predicted octanol–water partition coefficient (Wildman–Crippen LogP) is 5.57. The minimum atomic E-state index is 0.930. The lowest BCUT2D eigenvalue weighted by molar-refractivity contribution is -0.920. The molecule has 0 amide bonds. The van der Waals surface area contributed by atoms with Crippen molar-refractivity contribution in [3.63, 3.8) is 0 Å². The second-order valence-electron chi connectivity index (χ2n) is 10.6. The van der Waals surface area contributed by atoms with Crippen molar-refractivity contribution in [2.24, 2.45) is 23.7 Å². The van der Waals surface area contributed by atoms with E-state index >= 15 is 0 Å². The van der Waals surface area contributed by atoms with Crippen LogP contribution in [-0.2, 0) is 0 Å². The number of hydrogen-bond donors (Lipinski definition) is 0. The zero-order valence-corrected chi connectivity index (χ0v) is 19.1. The second kappa shape index (κ2) is 9.92. The van der Waals surface area contributed by atoms with Crippen molar-refractivity contribution in [1.29, 1.82) is 0 Å². The molecule has 2 aliphatic rings. The Morgan fingerprint density at radius 3 is 1.08 bits per heavy atom. The molecule has 0 aliphatic carbocycles. The average molecular weight is 367 g/mol. The smallest absolute Gasteiger partial charge is 0.0817 e. The van der Waals surface area contributed by atoms with E-state index in [1.165, 1.54) is 99.8 Å². The topological polar surface area (TPSA) is 0 Å². The summed E-state index contributed by atoms with van der Waals surface area (Å²) in [5, 5.41) is 0. The van der Waals surface area contributed by atoms with Gasteiger partial charge in [-0.1, -0.05) is 41.5 Å². The summed E-state index contributed by atoms with van der Waals surface area (Å²) in [6.07, 6.45) is 8.55. The first-order valence-corrected chi connectivity index (χ1v) is 12.1. The quantitative estimate of drug-likeness (QED) is 0.331. The van der Waals surface area contributed by atoms with Crippen molar-refractivity contribution in [1.82, 2.24) is 0 Å². The van der Waals surface area contributed by atoms with Crippen molar-refractivity contribution in [3.05, 3.63) is 0 Å². The van der Waals surface area contributed by atoms with Gasteiger partial charge in [0.2, 0.25) is 0 Å². The molecule has 0 aromatic carbocycles. The molecule has 0 aromatic heterocycles. The molecule has 0 spiro atoms. The Bertz CT molecular complexity index is 347. The maximum atomic E-state index is 2.48. The third-order valence-electron chi connectivity index (χ3n) is 8.05. The van der Waals surface area contributed by atoms with Crippen LogP contribution in [0, 0.1) is 23.7 Å². The van der Waals surface area contributed by atoms with E-state index in [1.54, 1.807) is 0 Å². The Morgan fingerprint density at radius 2 is 0.808 bits per heavy atom. The highest BCUT2D eigenvalue weighted by molar-refractivity contribution is 4.71. The summed E-state index contributed by atoms with van der Waals surface area (Å²) in [6.45, 7) is 26.2.